The van der Waals surface area contributed by atoms with Gasteiger partial charge < -0.3 is 4.74 Å². The molecular weight excluding hydrogens is 317 g/mol. The molecule has 0 aliphatic carbocycles. The number of rotatable bonds is 3. The maximum absolute atomic E-state index is 14.1. The van der Waals surface area contributed by atoms with E-state index in [2.05, 4.69) is 31.3 Å². The Hall–Kier alpha value is -1.76. The number of halogens is 2. The quantitative estimate of drug-likeness (QED) is 0.880. The van der Waals surface area contributed by atoms with Gasteiger partial charge in [-0.2, -0.15) is 10.3 Å². The maximum atomic E-state index is 14.1. The fourth-order valence-electron chi connectivity index (χ4n) is 1.66. The molecule has 2 rings (SSSR count). The van der Waals surface area contributed by atoms with Crippen molar-refractivity contribution in [2.24, 2.45) is 0 Å². The smallest absolute Gasteiger partial charge is 0.361 e. The fraction of sp³-hybridized carbons (Fsp3) is 0.250. The number of nitrogens with one attached hydrogen (secondary N) is 1. The molecule has 0 saturated carbocycles. The number of esters is 1. The monoisotopic (exact) mass is 327 g/mol. The van der Waals surface area contributed by atoms with E-state index in [0.717, 1.165) is 5.56 Å². The molecule has 0 saturated heterocycles. The number of H-pyrrole nitrogens is 1. The Morgan fingerprint density at radius 3 is 2.89 bits per heavy atom. The van der Waals surface area contributed by atoms with E-state index in [-0.39, 0.29) is 23.6 Å². The zero-order valence-electron chi connectivity index (χ0n) is 10.3. The Morgan fingerprint density at radius 2 is 2.21 bits per heavy atom. The number of carbonyl (C=O) groups is 1. The number of nitrogens with zero attached hydrogens (tertiary/aromatic N) is 2. The highest BCUT2D eigenvalue weighted by molar-refractivity contribution is 9.10. The van der Waals surface area contributed by atoms with Crippen LogP contribution in [0.3, 0.4) is 0 Å². The molecule has 1 heterocycles. The second kappa shape index (κ2) is 5.48. The summed E-state index contributed by atoms with van der Waals surface area (Å²) < 4.78 is 19.3. The predicted octanol–water partition coefficient (Wildman–Crippen LogP) is 2.86. The van der Waals surface area contributed by atoms with Gasteiger partial charge in [-0.15, -0.1) is 5.10 Å². The minimum absolute atomic E-state index is 0.0294. The van der Waals surface area contributed by atoms with Crippen molar-refractivity contribution in [1.82, 2.24) is 15.4 Å². The molecule has 0 unspecified atom stereocenters. The molecule has 0 radical (unpaired) electrons. The molecule has 5 nitrogen and oxygen atoms in total. The summed E-state index contributed by atoms with van der Waals surface area (Å²) in [5.74, 6) is -1.13. The van der Waals surface area contributed by atoms with Gasteiger partial charge in [-0.25, -0.2) is 9.18 Å². The summed E-state index contributed by atoms with van der Waals surface area (Å²) in [4.78, 5) is 11.7. The molecule has 1 N–H and O–H groups in total. The summed E-state index contributed by atoms with van der Waals surface area (Å²) in [6, 6.07) is 3.24. The lowest BCUT2D eigenvalue weighted by molar-refractivity contribution is 0.0520. The van der Waals surface area contributed by atoms with Gasteiger partial charge in [0.25, 0.3) is 0 Å². The van der Waals surface area contributed by atoms with Gasteiger partial charge in [0, 0.05) is 5.56 Å². The van der Waals surface area contributed by atoms with Gasteiger partial charge in [0.15, 0.2) is 5.69 Å². The first-order valence-corrected chi connectivity index (χ1v) is 6.37. The van der Waals surface area contributed by atoms with Crippen LogP contribution in [0.25, 0.3) is 11.3 Å². The van der Waals surface area contributed by atoms with Crippen molar-refractivity contribution in [3.63, 3.8) is 0 Å². The molecule has 1 aromatic heterocycles. The molecule has 0 atom stereocenters. The number of aromatic amines is 1. The van der Waals surface area contributed by atoms with Gasteiger partial charge >= 0.3 is 5.97 Å². The highest BCUT2D eigenvalue weighted by atomic mass is 79.9. The molecular formula is C12H11BrFN3O2. The lowest BCUT2D eigenvalue weighted by Gasteiger charge is -2.05. The van der Waals surface area contributed by atoms with E-state index in [4.69, 9.17) is 4.74 Å². The third-order valence-corrected chi connectivity index (χ3v) is 3.02. The highest BCUT2D eigenvalue weighted by Crippen LogP contribution is 2.29. The maximum Gasteiger partial charge on any atom is 0.361 e. The van der Waals surface area contributed by atoms with E-state index in [1.165, 1.54) is 0 Å². The zero-order valence-corrected chi connectivity index (χ0v) is 11.9. The summed E-state index contributed by atoms with van der Waals surface area (Å²) in [7, 11) is 0. The summed E-state index contributed by atoms with van der Waals surface area (Å²) in [5.41, 5.74) is 1.14. The molecule has 0 amide bonds. The molecule has 1 aromatic carbocycles. The van der Waals surface area contributed by atoms with Crippen LogP contribution in [-0.2, 0) is 4.74 Å². The average Bonchev–Trinajstić information content (AvgIpc) is 2.83. The number of benzene rings is 1. The average molecular weight is 328 g/mol. The SMILES string of the molecule is CCOC(=O)c1n[nH]nc1-c1cc(C)cc(Br)c1F. The van der Waals surface area contributed by atoms with Gasteiger partial charge in [-0.05, 0) is 47.5 Å². The molecule has 19 heavy (non-hydrogen) atoms. The number of carbonyl (C=O) groups excluding carboxylic acids is 1. The van der Waals surface area contributed by atoms with Crippen LogP contribution in [0.5, 0.6) is 0 Å². The largest absolute Gasteiger partial charge is 0.461 e. The minimum Gasteiger partial charge on any atom is -0.461 e. The first-order chi connectivity index (χ1) is 9.04. The zero-order chi connectivity index (χ0) is 14.0. The van der Waals surface area contributed by atoms with Crippen molar-refractivity contribution >= 4 is 21.9 Å². The van der Waals surface area contributed by atoms with Crippen LogP contribution in [0.15, 0.2) is 16.6 Å². The molecule has 2 aromatic rings. The van der Waals surface area contributed by atoms with Crippen molar-refractivity contribution in [3.05, 3.63) is 33.7 Å². The van der Waals surface area contributed by atoms with E-state index in [9.17, 15) is 9.18 Å². The van der Waals surface area contributed by atoms with E-state index < -0.39 is 11.8 Å². The van der Waals surface area contributed by atoms with Gasteiger partial charge in [-0.1, -0.05) is 0 Å². The van der Waals surface area contributed by atoms with Gasteiger partial charge in [0.1, 0.15) is 11.5 Å². The second-order valence-corrected chi connectivity index (χ2v) is 4.70. The molecule has 0 spiro atoms. The van der Waals surface area contributed by atoms with Gasteiger partial charge in [-0.3, -0.25) is 0 Å². The Labute approximate surface area is 117 Å². The number of aromatic nitrogens is 3. The summed E-state index contributed by atoms with van der Waals surface area (Å²) in [6.45, 7) is 3.71. The molecule has 0 fully saturated rings. The number of hydrogen-bond donors (Lipinski definition) is 1. The second-order valence-electron chi connectivity index (χ2n) is 3.85. The molecule has 0 aliphatic heterocycles. The van der Waals surface area contributed by atoms with Crippen molar-refractivity contribution in [3.8, 4) is 11.3 Å². The van der Waals surface area contributed by atoms with Gasteiger partial charge in [0.2, 0.25) is 0 Å². The van der Waals surface area contributed by atoms with E-state index in [1.54, 1.807) is 19.1 Å². The Morgan fingerprint density at radius 1 is 1.47 bits per heavy atom. The summed E-state index contributed by atoms with van der Waals surface area (Å²) >= 11 is 3.13. The summed E-state index contributed by atoms with van der Waals surface area (Å²) in [6.07, 6.45) is 0. The molecule has 100 valence electrons. The summed E-state index contributed by atoms with van der Waals surface area (Å²) in [5, 5.41) is 9.87. The van der Waals surface area contributed by atoms with Crippen LogP contribution in [0.2, 0.25) is 0 Å². The Balaban J connectivity index is 2.54. The van der Waals surface area contributed by atoms with Crippen LogP contribution >= 0.6 is 15.9 Å². The number of ether oxygens (including phenoxy) is 1. The molecule has 0 bridgehead atoms. The number of hydrogen-bond acceptors (Lipinski definition) is 4. The third-order valence-electron chi connectivity index (χ3n) is 2.44. The third kappa shape index (κ3) is 2.65. The van der Waals surface area contributed by atoms with Crippen molar-refractivity contribution < 1.29 is 13.9 Å². The molecule has 0 aliphatic rings. The van der Waals surface area contributed by atoms with Gasteiger partial charge in [0.05, 0.1) is 11.1 Å². The van der Waals surface area contributed by atoms with Crippen LogP contribution in [0, 0.1) is 12.7 Å². The van der Waals surface area contributed by atoms with Crippen molar-refractivity contribution in [2.75, 3.05) is 6.61 Å². The Bertz CT molecular complexity index is 627. The van der Waals surface area contributed by atoms with Crippen LogP contribution in [0.1, 0.15) is 23.0 Å². The van der Waals surface area contributed by atoms with E-state index >= 15 is 0 Å². The Kier molecular flexibility index (Phi) is 3.94. The van der Waals surface area contributed by atoms with E-state index in [0.29, 0.717) is 4.47 Å². The molecule has 7 heteroatoms. The normalized spacial score (nSPS) is 10.5. The highest BCUT2D eigenvalue weighted by Gasteiger charge is 2.22. The van der Waals surface area contributed by atoms with E-state index in [1.807, 2.05) is 6.92 Å². The van der Waals surface area contributed by atoms with Crippen LogP contribution in [-0.4, -0.2) is 28.0 Å². The van der Waals surface area contributed by atoms with Crippen molar-refractivity contribution in [1.29, 1.82) is 0 Å². The van der Waals surface area contributed by atoms with Crippen LogP contribution < -0.4 is 0 Å². The standard InChI is InChI=1S/C12H11BrFN3O2/c1-3-19-12(18)11-10(15-17-16-11)7-4-6(2)5-8(13)9(7)14/h4-5H,3H2,1-2H3,(H,15,16,17). The lowest BCUT2D eigenvalue weighted by atomic mass is 10.1. The van der Waals surface area contributed by atoms with Crippen LogP contribution in [0.4, 0.5) is 4.39 Å². The first-order valence-electron chi connectivity index (χ1n) is 5.58. The lowest BCUT2D eigenvalue weighted by Crippen LogP contribution is -2.07. The first kappa shape index (κ1) is 13.7. The predicted molar refractivity (Wildman–Crippen MR) is 70.2 cm³/mol. The van der Waals surface area contributed by atoms with Crippen molar-refractivity contribution in [2.45, 2.75) is 13.8 Å². The number of aryl methyl sites for hydroxylation is 1. The fourth-order valence-corrected chi connectivity index (χ4v) is 2.23. The topological polar surface area (TPSA) is 67.9 Å². The minimum atomic E-state index is -0.636.